The van der Waals surface area contributed by atoms with Crippen molar-refractivity contribution in [2.24, 2.45) is 10.9 Å². The fraction of sp³-hybridized carbons (Fsp3) is 0.478. The second-order valence-electron chi connectivity index (χ2n) is 7.84. The van der Waals surface area contributed by atoms with Crippen molar-refractivity contribution in [1.82, 2.24) is 15.2 Å². The van der Waals surface area contributed by atoms with Crippen LogP contribution in [0.25, 0.3) is 0 Å². The molecule has 2 aromatic rings. The summed E-state index contributed by atoms with van der Waals surface area (Å²) in [4.78, 5) is 15.3. The molecule has 0 radical (unpaired) electrons. The smallest absolute Gasteiger partial charge is 0.193 e. The number of anilines is 1. The van der Waals surface area contributed by atoms with Gasteiger partial charge in [-0.15, -0.1) is 35.7 Å². The van der Waals surface area contributed by atoms with E-state index in [1.165, 1.54) is 35.5 Å². The van der Waals surface area contributed by atoms with Crippen LogP contribution >= 0.6 is 35.7 Å². The lowest BCUT2D eigenvalue weighted by molar-refractivity contribution is 0.474. The van der Waals surface area contributed by atoms with Gasteiger partial charge in [-0.2, -0.15) is 0 Å². The van der Waals surface area contributed by atoms with E-state index in [0.717, 1.165) is 44.5 Å². The molecule has 1 unspecified atom stereocenters. The van der Waals surface area contributed by atoms with Gasteiger partial charge < -0.3 is 15.1 Å². The van der Waals surface area contributed by atoms with Crippen molar-refractivity contribution in [1.29, 1.82) is 0 Å². The van der Waals surface area contributed by atoms with Gasteiger partial charge >= 0.3 is 0 Å². The van der Waals surface area contributed by atoms with Gasteiger partial charge in [-0.3, -0.25) is 4.99 Å². The summed E-state index contributed by atoms with van der Waals surface area (Å²) in [5.41, 5.74) is 1.20. The summed E-state index contributed by atoms with van der Waals surface area (Å²) < 4.78 is 0. The fourth-order valence-electron chi connectivity index (χ4n) is 4.06. The summed E-state index contributed by atoms with van der Waals surface area (Å²) in [6.07, 6.45) is 5.79. The van der Waals surface area contributed by atoms with Gasteiger partial charge in [0.05, 0.1) is 0 Å². The van der Waals surface area contributed by atoms with Crippen LogP contribution in [0.4, 0.5) is 5.82 Å². The predicted octanol–water partition coefficient (Wildman–Crippen LogP) is 4.49. The van der Waals surface area contributed by atoms with E-state index in [2.05, 4.69) is 67.6 Å². The third-order valence-corrected chi connectivity index (χ3v) is 6.96. The zero-order valence-electron chi connectivity index (χ0n) is 17.7. The van der Waals surface area contributed by atoms with Crippen LogP contribution in [0, 0.1) is 5.92 Å². The summed E-state index contributed by atoms with van der Waals surface area (Å²) >= 11 is 1.96. The van der Waals surface area contributed by atoms with Crippen LogP contribution in [0.15, 0.2) is 58.5 Å². The largest absolute Gasteiger partial charge is 0.357 e. The molecule has 1 aromatic heterocycles. The first kappa shape index (κ1) is 23.2. The van der Waals surface area contributed by atoms with Crippen molar-refractivity contribution in [3.8, 4) is 0 Å². The van der Waals surface area contributed by atoms with Gasteiger partial charge in [-0.25, -0.2) is 4.98 Å². The maximum atomic E-state index is 4.66. The molecule has 1 atom stereocenters. The second-order valence-corrected chi connectivity index (χ2v) is 8.94. The van der Waals surface area contributed by atoms with Crippen molar-refractivity contribution < 1.29 is 0 Å². The number of halogens is 1. The quantitative estimate of drug-likeness (QED) is 0.255. The van der Waals surface area contributed by atoms with Gasteiger partial charge in [0, 0.05) is 56.6 Å². The van der Waals surface area contributed by atoms with Gasteiger partial charge in [-0.1, -0.05) is 24.3 Å². The van der Waals surface area contributed by atoms with Gasteiger partial charge in [0.1, 0.15) is 5.82 Å². The van der Waals surface area contributed by atoms with E-state index in [1.54, 1.807) is 0 Å². The van der Waals surface area contributed by atoms with Crippen LogP contribution in [0.2, 0.25) is 0 Å². The van der Waals surface area contributed by atoms with Crippen molar-refractivity contribution in [3.05, 3.63) is 54.2 Å². The minimum Gasteiger partial charge on any atom is -0.357 e. The third kappa shape index (κ3) is 6.26. The van der Waals surface area contributed by atoms with E-state index in [1.807, 2.05) is 25.0 Å². The molecule has 0 aliphatic carbocycles. The first-order chi connectivity index (χ1) is 14.3. The molecule has 0 spiro atoms. The monoisotopic (exact) mass is 537 g/mol. The number of rotatable bonds is 6. The molecule has 0 amide bonds. The fourth-order valence-corrected chi connectivity index (χ4v) is 5.11. The van der Waals surface area contributed by atoms with Crippen molar-refractivity contribution >= 4 is 47.5 Å². The molecule has 7 heteroatoms. The van der Waals surface area contributed by atoms with Crippen LogP contribution in [0.1, 0.15) is 24.8 Å². The summed E-state index contributed by atoms with van der Waals surface area (Å²) in [6.45, 7) is 5.18. The number of likely N-dealkylation sites (tertiary alicyclic amines) is 1. The molecule has 5 nitrogen and oxygen atoms in total. The Kier molecular flexibility index (Phi) is 9.11. The molecular weight excluding hydrogens is 505 g/mol. The first-order valence-corrected chi connectivity index (χ1v) is 11.6. The van der Waals surface area contributed by atoms with E-state index in [-0.39, 0.29) is 24.0 Å². The molecule has 1 aromatic carbocycles. The van der Waals surface area contributed by atoms with E-state index >= 15 is 0 Å². The van der Waals surface area contributed by atoms with E-state index < -0.39 is 0 Å². The van der Waals surface area contributed by atoms with Crippen LogP contribution in [-0.2, 0) is 6.54 Å². The summed E-state index contributed by atoms with van der Waals surface area (Å²) in [6, 6.07) is 15.0. The topological polar surface area (TPSA) is 43.8 Å². The Balaban J connectivity index is 0.00000256. The molecule has 30 heavy (non-hydrogen) atoms. The number of aromatic nitrogens is 1. The lowest BCUT2D eigenvalue weighted by Crippen LogP contribution is -2.39. The highest BCUT2D eigenvalue weighted by Crippen LogP contribution is 2.26. The number of pyridine rings is 1. The lowest BCUT2D eigenvalue weighted by Gasteiger charge is -2.22. The third-order valence-electron chi connectivity index (χ3n) is 5.72. The predicted molar refractivity (Wildman–Crippen MR) is 138 cm³/mol. The highest BCUT2D eigenvalue weighted by Gasteiger charge is 2.24. The van der Waals surface area contributed by atoms with Crippen LogP contribution in [0.5, 0.6) is 0 Å². The molecular formula is C23H32IN5S. The standard InChI is InChI=1S/C23H31N5S.HI/c1-24-23(26-16-19-9-10-22(25-15-19)27-12-5-6-13-27)28-14-11-20(17-28)18-29-21-7-3-2-4-8-21;/h2-4,7-10,15,20H,5-6,11-14,16-18H2,1H3,(H,24,26);1H. The number of aliphatic imine (C=N–C) groups is 1. The zero-order chi connectivity index (χ0) is 19.9. The minimum atomic E-state index is 0. The van der Waals surface area contributed by atoms with Crippen LogP contribution < -0.4 is 10.2 Å². The Morgan fingerprint density at radius 3 is 2.63 bits per heavy atom. The molecule has 0 saturated carbocycles. The average Bonchev–Trinajstić information content (AvgIpc) is 3.47. The summed E-state index contributed by atoms with van der Waals surface area (Å²) in [7, 11) is 1.88. The maximum absolute atomic E-state index is 4.66. The Labute approximate surface area is 201 Å². The van der Waals surface area contributed by atoms with E-state index in [4.69, 9.17) is 0 Å². The van der Waals surface area contributed by atoms with Crippen molar-refractivity contribution in [2.75, 3.05) is 43.9 Å². The molecule has 2 saturated heterocycles. The first-order valence-electron chi connectivity index (χ1n) is 10.6. The molecule has 2 fully saturated rings. The number of nitrogens with zero attached hydrogens (tertiary/aromatic N) is 4. The average molecular weight is 538 g/mol. The number of hydrogen-bond acceptors (Lipinski definition) is 4. The normalized spacial score (nSPS) is 19.1. The summed E-state index contributed by atoms with van der Waals surface area (Å²) in [5.74, 6) is 3.98. The molecule has 2 aliphatic rings. The van der Waals surface area contributed by atoms with Crippen molar-refractivity contribution in [2.45, 2.75) is 30.7 Å². The minimum absolute atomic E-state index is 0. The van der Waals surface area contributed by atoms with Gasteiger partial charge in [0.25, 0.3) is 0 Å². The molecule has 2 aliphatic heterocycles. The number of thioether (sulfide) groups is 1. The van der Waals surface area contributed by atoms with E-state index in [0.29, 0.717) is 5.92 Å². The number of guanidine groups is 1. The Bertz CT molecular complexity index is 793. The maximum Gasteiger partial charge on any atom is 0.193 e. The number of benzene rings is 1. The van der Waals surface area contributed by atoms with Gasteiger partial charge in [0.2, 0.25) is 0 Å². The Morgan fingerprint density at radius 2 is 1.93 bits per heavy atom. The van der Waals surface area contributed by atoms with Crippen LogP contribution in [0.3, 0.4) is 0 Å². The molecule has 3 heterocycles. The zero-order valence-corrected chi connectivity index (χ0v) is 20.8. The lowest BCUT2D eigenvalue weighted by atomic mass is 10.2. The molecule has 4 rings (SSSR count). The second kappa shape index (κ2) is 11.8. The Hall–Kier alpha value is -1.48. The molecule has 0 bridgehead atoms. The number of hydrogen-bond donors (Lipinski definition) is 1. The van der Waals surface area contributed by atoms with Gasteiger partial charge in [0.15, 0.2) is 5.96 Å². The highest BCUT2D eigenvalue weighted by atomic mass is 127. The number of nitrogens with one attached hydrogen (secondary N) is 1. The Morgan fingerprint density at radius 1 is 1.13 bits per heavy atom. The molecule has 1 N–H and O–H groups in total. The molecule has 162 valence electrons. The highest BCUT2D eigenvalue weighted by molar-refractivity contribution is 14.0. The van der Waals surface area contributed by atoms with Gasteiger partial charge in [-0.05, 0) is 48.9 Å². The SMILES string of the molecule is CN=C(NCc1ccc(N2CCCC2)nc1)N1CCC(CSc2ccccc2)C1.I. The summed E-state index contributed by atoms with van der Waals surface area (Å²) in [5, 5.41) is 3.53. The van der Waals surface area contributed by atoms with E-state index in [9.17, 15) is 0 Å². The van der Waals surface area contributed by atoms with Crippen molar-refractivity contribution in [3.63, 3.8) is 0 Å². The van der Waals surface area contributed by atoms with Crippen LogP contribution in [-0.4, -0.2) is 54.8 Å².